The van der Waals surface area contributed by atoms with Crippen molar-refractivity contribution >= 4 is 0 Å². The van der Waals surface area contributed by atoms with Crippen LogP contribution in [0.2, 0.25) is 0 Å². The number of nitrogens with one attached hydrogen (secondary N) is 1. The fourth-order valence-electron chi connectivity index (χ4n) is 2.44. The summed E-state index contributed by atoms with van der Waals surface area (Å²) >= 11 is 0. The van der Waals surface area contributed by atoms with Gasteiger partial charge in [-0.1, -0.05) is 20.8 Å². The number of hydrogen-bond donors (Lipinski definition) is 1. The summed E-state index contributed by atoms with van der Waals surface area (Å²) < 4.78 is 11.2. The second-order valence-electron chi connectivity index (χ2n) is 5.51. The minimum atomic E-state index is 0.495. The van der Waals surface area contributed by atoms with Crippen molar-refractivity contribution in [2.24, 2.45) is 0 Å². The third kappa shape index (κ3) is 4.06. The van der Waals surface area contributed by atoms with Crippen LogP contribution in [0.3, 0.4) is 0 Å². The third-order valence-corrected chi connectivity index (χ3v) is 3.71. The second kappa shape index (κ2) is 7.08. The molecule has 1 aliphatic rings. The van der Waals surface area contributed by atoms with E-state index in [0.717, 1.165) is 45.0 Å². The van der Waals surface area contributed by atoms with Crippen molar-refractivity contribution in [3.8, 4) is 0 Å². The van der Waals surface area contributed by atoms with Crippen molar-refractivity contribution in [1.82, 2.24) is 10.2 Å². The standard InChI is InChI=1S/C15H26N2O2/c1-4-14-11-18-8-6-17(14)10-15-13(5-7-19-15)9-16-12(2)3/h5,7,12,14,16H,4,6,8-11H2,1-3H3. The summed E-state index contributed by atoms with van der Waals surface area (Å²) in [5, 5.41) is 3.45. The number of morpholine rings is 1. The van der Waals surface area contributed by atoms with Gasteiger partial charge in [0.1, 0.15) is 5.76 Å². The lowest BCUT2D eigenvalue weighted by atomic mass is 10.1. The molecule has 19 heavy (non-hydrogen) atoms. The highest BCUT2D eigenvalue weighted by molar-refractivity contribution is 5.17. The van der Waals surface area contributed by atoms with Crippen LogP contribution in [0.1, 0.15) is 38.5 Å². The molecule has 2 heterocycles. The lowest BCUT2D eigenvalue weighted by Gasteiger charge is -2.34. The molecule has 1 fully saturated rings. The maximum atomic E-state index is 5.67. The van der Waals surface area contributed by atoms with Crippen LogP contribution in [-0.2, 0) is 17.8 Å². The van der Waals surface area contributed by atoms with E-state index < -0.39 is 0 Å². The predicted molar refractivity (Wildman–Crippen MR) is 76.0 cm³/mol. The van der Waals surface area contributed by atoms with E-state index in [1.807, 2.05) is 0 Å². The van der Waals surface area contributed by atoms with E-state index in [0.29, 0.717) is 12.1 Å². The largest absolute Gasteiger partial charge is 0.468 e. The molecule has 1 aliphatic heterocycles. The average molecular weight is 266 g/mol. The minimum Gasteiger partial charge on any atom is -0.468 e. The number of rotatable bonds is 6. The van der Waals surface area contributed by atoms with E-state index in [4.69, 9.17) is 9.15 Å². The molecular weight excluding hydrogens is 240 g/mol. The van der Waals surface area contributed by atoms with Gasteiger partial charge in [0.2, 0.25) is 0 Å². The molecule has 1 saturated heterocycles. The smallest absolute Gasteiger partial charge is 0.122 e. The zero-order chi connectivity index (χ0) is 13.7. The first-order valence-corrected chi connectivity index (χ1v) is 7.31. The van der Waals surface area contributed by atoms with Gasteiger partial charge in [0.15, 0.2) is 0 Å². The normalized spacial score (nSPS) is 21.2. The molecule has 0 aromatic carbocycles. The molecule has 4 heteroatoms. The maximum absolute atomic E-state index is 5.67. The summed E-state index contributed by atoms with van der Waals surface area (Å²) in [4.78, 5) is 2.47. The highest BCUT2D eigenvalue weighted by atomic mass is 16.5. The quantitative estimate of drug-likeness (QED) is 0.858. The van der Waals surface area contributed by atoms with Gasteiger partial charge in [-0.2, -0.15) is 0 Å². The Hall–Kier alpha value is -0.840. The Morgan fingerprint density at radius 3 is 3.05 bits per heavy atom. The van der Waals surface area contributed by atoms with Crippen LogP contribution >= 0.6 is 0 Å². The zero-order valence-corrected chi connectivity index (χ0v) is 12.3. The maximum Gasteiger partial charge on any atom is 0.122 e. The monoisotopic (exact) mass is 266 g/mol. The van der Waals surface area contributed by atoms with Gasteiger partial charge < -0.3 is 14.5 Å². The van der Waals surface area contributed by atoms with Gasteiger partial charge in [-0.3, -0.25) is 4.90 Å². The van der Waals surface area contributed by atoms with Gasteiger partial charge in [-0.25, -0.2) is 0 Å². The Balaban J connectivity index is 1.96. The Kier molecular flexibility index (Phi) is 5.43. The van der Waals surface area contributed by atoms with Crippen molar-refractivity contribution in [1.29, 1.82) is 0 Å². The molecule has 0 amide bonds. The number of furan rings is 1. The Labute approximate surface area is 116 Å². The summed E-state index contributed by atoms with van der Waals surface area (Å²) in [6, 6.07) is 3.09. The van der Waals surface area contributed by atoms with Crippen LogP contribution < -0.4 is 5.32 Å². The van der Waals surface area contributed by atoms with Crippen molar-refractivity contribution in [2.45, 2.75) is 52.4 Å². The molecule has 1 N–H and O–H groups in total. The van der Waals surface area contributed by atoms with Crippen LogP contribution in [0.5, 0.6) is 0 Å². The lowest BCUT2D eigenvalue weighted by Crippen LogP contribution is -2.44. The summed E-state index contributed by atoms with van der Waals surface area (Å²) in [7, 11) is 0. The highest BCUT2D eigenvalue weighted by Crippen LogP contribution is 2.18. The van der Waals surface area contributed by atoms with Crippen molar-refractivity contribution in [3.63, 3.8) is 0 Å². The van der Waals surface area contributed by atoms with Crippen molar-refractivity contribution < 1.29 is 9.15 Å². The number of hydrogen-bond acceptors (Lipinski definition) is 4. The van der Waals surface area contributed by atoms with E-state index in [-0.39, 0.29) is 0 Å². The first kappa shape index (κ1) is 14.6. The summed E-state index contributed by atoms with van der Waals surface area (Å²) in [6.07, 6.45) is 2.92. The first-order valence-electron chi connectivity index (χ1n) is 7.31. The average Bonchev–Trinajstić information content (AvgIpc) is 2.84. The topological polar surface area (TPSA) is 37.6 Å². The molecule has 0 radical (unpaired) electrons. The van der Waals surface area contributed by atoms with E-state index in [1.165, 1.54) is 5.56 Å². The summed E-state index contributed by atoms with van der Waals surface area (Å²) in [6.45, 7) is 11.0. The van der Waals surface area contributed by atoms with Crippen molar-refractivity contribution in [2.75, 3.05) is 19.8 Å². The van der Waals surface area contributed by atoms with Crippen molar-refractivity contribution in [3.05, 3.63) is 23.7 Å². The lowest BCUT2D eigenvalue weighted by molar-refractivity contribution is -0.0155. The Bertz CT molecular complexity index is 376. The van der Waals surface area contributed by atoms with Gasteiger partial charge in [0, 0.05) is 30.7 Å². The molecule has 1 unspecified atom stereocenters. The Morgan fingerprint density at radius 2 is 2.32 bits per heavy atom. The van der Waals surface area contributed by atoms with Crippen LogP contribution in [-0.4, -0.2) is 36.7 Å². The SMILES string of the molecule is CCC1COCCN1Cc1occc1CNC(C)C. The number of ether oxygens (including phenoxy) is 1. The third-order valence-electron chi connectivity index (χ3n) is 3.71. The van der Waals surface area contributed by atoms with Crippen LogP contribution in [0.15, 0.2) is 16.7 Å². The van der Waals surface area contributed by atoms with Gasteiger partial charge in [0.05, 0.1) is 26.0 Å². The van der Waals surface area contributed by atoms with Gasteiger partial charge in [0.25, 0.3) is 0 Å². The second-order valence-corrected chi connectivity index (χ2v) is 5.51. The van der Waals surface area contributed by atoms with Crippen LogP contribution in [0.25, 0.3) is 0 Å². The van der Waals surface area contributed by atoms with Gasteiger partial charge in [-0.05, 0) is 12.5 Å². The molecule has 2 rings (SSSR count). The molecule has 1 aromatic rings. The Morgan fingerprint density at radius 1 is 1.47 bits per heavy atom. The van der Waals surface area contributed by atoms with E-state index in [9.17, 15) is 0 Å². The molecule has 0 bridgehead atoms. The van der Waals surface area contributed by atoms with E-state index in [2.05, 4.69) is 37.1 Å². The van der Waals surface area contributed by atoms with Crippen LogP contribution in [0.4, 0.5) is 0 Å². The minimum absolute atomic E-state index is 0.495. The molecular formula is C15H26N2O2. The van der Waals surface area contributed by atoms with Gasteiger partial charge in [-0.15, -0.1) is 0 Å². The fraction of sp³-hybridized carbons (Fsp3) is 0.733. The zero-order valence-electron chi connectivity index (χ0n) is 12.3. The van der Waals surface area contributed by atoms with E-state index >= 15 is 0 Å². The first-order chi connectivity index (χ1) is 9.20. The molecule has 0 aliphatic carbocycles. The summed E-state index contributed by atoms with van der Waals surface area (Å²) in [5.41, 5.74) is 1.27. The highest BCUT2D eigenvalue weighted by Gasteiger charge is 2.23. The van der Waals surface area contributed by atoms with E-state index in [1.54, 1.807) is 6.26 Å². The molecule has 108 valence electrons. The van der Waals surface area contributed by atoms with Crippen LogP contribution in [0, 0.1) is 0 Å². The number of nitrogens with zero attached hydrogens (tertiary/aromatic N) is 1. The predicted octanol–water partition coefficient (Wildman–Crippen LogP) is 2.39. The summed E-state index contributed by atoms with van der Waals surface area (Å²) in [5.74, 6) is 1.09. The fourth-order valence-corrected chi connectivity index (χ4v) is 2.44. The molecule has 4 nitrogen and oxygen atoms in total. The molecule has 0 saturated carbocycles. The molecule has 0 spiro atoms. The molecule has 1 atom stereocenters. The van der Waals surface area contributed by atoms with Gasteiger partial charge >= 0.3 is 0 Å². The molecule has 1 aromatic heterocycles.